The standard InChI is InChI=1S/C17H16O3/c18-16(19)13-17(20,15-9-5-2-6-10-15)12-11-14-7-3-1-4-8-14/h1-12,20H,13H2,(H,18,19)/b12-11+. The van der Waals surface area contributed by atoms with Crippen LogP contribution in [0, 0.1) is 0 Å². The zero-order valence-electron chi connectivity index (χ0n) is 10.9. The lowest BCUT2D eigenvalue weighted by Gasteiger charge is -2.23. The van der Waals surface area contributed by atoms with E-state index >= 15 is 0 Å². The van der Waals surface area contributed by atoms with E-state index in [4.69, 9.17) is 5.11 Å². The molecule has 2 aromatic rings. The molecule has 3 nitrogen and oxygen atoms in total. The summed E-state index contributed by atoms with van der Waals surface area (Å²) in [7, 11) is 0. The van der Waals surface area contributed by atoms with Crippen LogP contribution in [0.3, 0.4) is 0 Å². The van der Waals surface area contributed by atoms with E-state index in [1.54, 1.807) is 30.3 Å². The Morgan fingerprint density at radius 2 is 1.55 bits per heavy atom. The second-order valence-corrected chi connectivity index (χ2v) is 4.60. The molecule has 3 heteroatoms. The lowest BCUT2D eigenvalue weighted by molar-refractivity contribution is -0.141. The predicted molar refractivity (Wildman–Crippen MR) is 78.1 cm³/mol. The minimum absolute atomic E-state index is 0.375. The van der Waals surface area contributed by atoms with Crippen molar-refractivity contribution in [2.24, 2.45) is 0 Å². The van der Waals surface area contributed by atoms with Crippen LogP contribution in [-0.2, 0) is 10.4 Å². The molecule has 20 heavy (non-hydrogen) atoms. The molecule has 0 aliphatic heterocycles. The fourth-order valence-corrected chi connectivity index (χ4v) is 2.01. The number of carbonyl (C=O) groups is 1. The summed E-state index contributed by atoms with van der Waals surface area (Å²) in [6.07, 6.45) is 2.89. The van der Waals surface area contributed by atoms with Crippen molar-refractivity contribution in [1.82, 2.24) is 0 Å². The number of rotatable bonds is 5. The highest BCUT2D eigenvalue weighted by Crippen LogP contribution is 2.27. The monoisotopic (exact) mass is 268 g/mol. The van der Waals surface area contributed by atoms with Crippen LogP contribution in [0.25, 0.3) is 6.08 Å². The highest BCUT2D eigenvalue weighted by molar-refractivity contribution is 5.70. The van der Waals surface area contributed by atoms with Gasteiger partial charge in [0.15, 0.2) is 0 Å². The zero-order valence-corrected chi connectivity index (χ0v) is 10.9. The Morgan fingerprint density at radius 3 is 2.10 bits per heavy atom. The Bertz CT molecular complexity index is 590. The molecule has 2 aromatic carbocycles. The summed E-state index contributed by atoms with van der Waals surface area (Å²) >= 11 is 0. The first-order valence-electron chi connectivity index (χ1n) is 6.34. The topological polar surface area (TPSA) is 57.5 Å². The summed E-state index contributed by atoms with van der Waals surface area (Å²) in [6.45, 7) is 0. The van der Waals surface area contributed by atoms with Crippen molar-refractivity contribution >= 4 is 12.0 Å². The maximum atomic E-state index is 11.0. The van der Waals surface area contributed by atoms with Crippen molar-refractivity contribution < 1.29 is 15.0 Å². The quantitative estimate of drug-likeness (QED) is 0.876. The average molecular weight is 268 g/mol. The molecule has 0 amide bonds. The molecular weight excluding hydrogens is 252 g/mol. The fraction of sp³-hybridized carbons (Fsp3) is 0.118. The normalized spacial score (nSPS) is 14.1. The van der Waals surface area contributed by atoms with E-state index < -0.39 is 11.6 Å². The van der Waals surface area contributed by atoms with Gasteiger partial charge in [0.2, 0.25) is 0 Å². The van der Waals surface area contributed by atoms with Crippen LogP contribution in [0.2, 0.25) is 0 Å². The SMILES string of the molecule is O=C(O)CC(O)(/C=C/c1ccccc1)c1ccccc1. The van der Waals surface area contributed by atoms with Crippen LogP contribution in [0.5, 0.6) is 0 Å². The van der Waals surface area contributed by atoms with Crippen molar-refractivity contribution in [1.29, 1.82) is 0 Å². The molecule has 0 bridgehead atoms. The van der Waals surface area contributed by atoms with Gasteiger partial charge >= 0.3 is 5.97 Å². The van der Waals surface area contributed by atoms with Crippen molar-refractivity contribution in [2.45, 2.75) is 12.0 Å². The molecule has 102 valence electrons. The van der Waals surface area contributed by atoms with Gasteiger partial charge in [-0.25, -0.2) is 0 Å². The summed E-state index contributed by atoms with van der Waals surface area (Å²) in [6, 6.07) is 18.3. The second kappa shape index (κ2) is 6.17. The van der Waals surface area contributed by atoms with Gasteiger partial charge in [-0.05, 0) is 17.2 Å². The molecule has 0 spiro atoms. The van der Waals surface area contributed by atoms with Crippen LogP contribution < -0.4 is 0 Å². The third kappa shape index (κ3) is 3.56. The summed E-state index contributed by atoms with van der Waals surface area (Å²) in [5, 5.41) is 19.7. The Labute approximate surface area is 117 Å². The number of aliphatic hydroxyl groups is 1. The van der Waals surface area contributed by atoms with E-state index in [2.05, 4.69) is 0 Å². The predicted octanol–water partition coefficient (Wildman–Crippen LogP) is 3.06. The van der Waals surface area contributed by atoms with Gasteiger partial charge in [0.05, 0.1) is 6.42 Å². The number of carboxylic acid groups (broad SMARTS) is 1. The molecule has 1 atom stereocenters. The third-order valence-corrected chi connectivity index (χ3v) is 3.05. The minimum atomic E-state index is -1.51. The van der Waals surface area contributed by atoms with Crippen molar-refractivity contribution in [3.05, 3.63) is 77.9 Å². The molecule has 0 saturated heterocycles. The Balaban J connectivity index is 2.33. The highest BCUT2D eigenvalue weighted by atomic mass is 16.4. The largest absolute Gasteiger partial charge is 0.481 e. The van der Waals surface area contributed by atoms with E-state index in [1.807, 2.05) is 36.4 Å². The molecule has 2 N–H and O–H groups in total. The van der Waals surface area contributed by atoms with Crippen LogP contribution in [0.4, 0.5) is 0 Å². The lowest BCUT2D eigenvalue weighted by atomic mass is 9.89. The summed E-state index contributed by atoms with van der Waals surface area (Å²) in [4.78, 5) is 11.0. The van der Waals surface area contributed by atoms with E-state index in [0.717, 1.165) is 5.56 Å². The Morgan fingerprint density at radius 1 is 1.00 bits per heavy atom. The van der Waals surface area contributed by atoms with E-state index in [1.165, 1.54) is 6.08 Å². The maximum Gasteiger partial charge on any atom is 0.306 e. The first kappa shape index (κ1) is 14.0. The average Bonchev–Trinajstić information content (AvgIpc) is 2.47. The van der Waals surface area contributed by atoms with Crippen molar-refractivity contribution in [2.75, 3.05) is 0 Å². The molecule has 0 radical (unpaired) electrons. The molecule has 2 rings (SSSR count). The molecule has 0 fully saturated rings. The number of carboxylic acids is 1. The minimum Gasteiger partial charge on any atom is -0.481 e. The van der Waals surface area contributed by atoms with E-state index in [0.29, 0.717) is 5.56 Å². The molecular formula is C17H16O3. The van der Waals surface area contributed by atoms with Crippen LogP contribution in [0.15, 0.2) is 66.7 Å². The smallest absolute Gasteiger partial charge is 0.306 e. The van der Waals surface area contributed by atoms with Gasteiger partial charge in [-0.3, -0.25) is 4.79 Å². The molecule has 1 unspecified atom stereocenters. The van der Waals surface area contributed by atoms with Gasteiger partial charge < -0.3 is 10.2 Å². The maximum absolute atomic E-state index is 11.0. The summed E-state index contributed by atoms with van der Waals surface area (Å²) in [5.41, 5.74) is -0.0371. The molecule has 0 aliphatic carbocycles. The van der Waals surface area contributed by atoms with Crippen LogP contribution in [0.1, 0.15) is 17.5 Å². The fourth-order valence-electron chi connectivity index (χ4n) is 2.01. The molecule has 0 heterocycles. The van der Waals surface area contributed by atoms with Crippen LogP contribution in [-0.4, -0.2) is 16.2 Å². The Hall–Kier alpha value is -2.39. The first-order valence-corrected chi connectivity index (χ1v) is 6.34. The number of hydrogen-bond donors (Lipinski definition) is 2. The number of benzene rings is 2. The van der Waals surface area contributed by atoms with Gasteiger partial charge in [-0.15, -0.1) is 0 Å². The molecule has 0 aromatic heterocycles. The van der Waals surface area contributed by atoms with Gasteiger partial charge in [0.1, 0.15) is 5.60 Å². The lowest BCUT2D eigenvalue weighted by Crippen LogP contribution is -2.26. The number of hydrogen-bond acceptors (Lipinski definition) is 2. The van der Waals surface area contributed by atoms with Gasteiger partial charge in [0, 0.05) is 0 Å². The van der Waals surface area contributed by atoms with Crippen molar-refractivity contribution in [3.8, 4) is 0 Å². The summed E-state index contributed by atoms with van der Waals surface area (Å²) in [5.74, 6) is -1.05. The molecule has 0 saturated carbocycles. The van der Waals surface area contributed by atoms with Gasteiger partial charge in [0.25, 0.3) is 0 Å². The van der Waals surface area contributed by atoms with E-state index in [9.17, 15) is 9.90 Å². The van der Waals surface area contributed by atoms with Gasteiger partial charge in [-0.1, -0.05) is 66.7 Å². The molecule has 0 aliphatic rings. The summed E-state index contributed by atoms with van der Waals surface area (Å²) < 4.78 is 0. The van der Waals surface area contributed by atoms with E-state index in [-0.39, 0.29) is 6.42 Å². The van der Waals surface area contributed by atoms with Crippen LogP contribution >= 0.6 is 0 Å². The second-order valence-electron chi connectivity index (χ2n) is 4.60. The third-order valence-electron chi connectivity index (χ3n) is 3.05. The first-order chi connectivity index (χ1) is 9.60. The Kier molecular flexibility index (Phi) is 4.33. The number of aliphatic carboxylic acids is 1. The van der Waals surface area contributed by atoms with Gasteiger partial charge in [-0.2, -0.15) is 0 Å². The highest BCUT2D eigenvalue weighted by Gasteiger charge is 2.29. The van der Waals surface area contributed by atoms with Crippen molar-refractivity contribution in [3.63, 3.8) is 0 Å². The zero-order chi connectivity index (χ0) is 14.4.